The summed E-state index contributed by atoms with van der Waals surface area (Å²) in [6.45, 7) is 6.29. The van der Waals surface area contributed by atoms with Crippen molar-refractivity contribution >= 4 is 16.8 Å². The van der Waals surface area contributed by atoms with Crippen LogP contribution in [-0.4, -0.2) is 30.6 Å². The molecule has 1 unspecified atom stereocenters. The average molecular weight is 272 g/mol. The van der Waals surface area contributed by atoms with Gasteiger partial charge in [0, 0.05) is 18.5 Å². The van der Waals surface area contributed by atoms with Gasteiger partial charge in [0.25, 0.3) is 5.91 Å². The number of pyridine rings is 1. The molecule has 0 aliphatic carbocycles. The van der Waals surface area contributed by atoms with E-state index in [-0.39, 0.29) is 11.9 Å². The molecule has 1 heterocycles. The Morgan fingerprint density at radius 1 is 1.35 bits per heavy atom. The van der Waals surface area contributed by atoms with Gasteiger partial charge in [0.05, 0.1) is 23.4 Å². The van der Waals surface area contributed by atoms with Crippen LogP contribution in [0.1, 0.15) is 28.5 Å². The number of fused-ring (bicyclic) bond motifs is 1. The van der Waals surface area contributed by atoms with Gasteiger partial charge < -0.3 is 10.1 Å². The molecule has 0 radical (unpaired) electrons. The first kappa shape index (κ1) is 14.5. The molecule has 4 heteroatoms. The fraction of sp³-hybridized carbons (Fsp3) is 0.375. The topological polar surface area (TPSA) is 51.2 Å². The van der Waals surface area contributed by atoms with Crippen molar-refractivity contribution < 1.29 is 9.53 Å². The van der Waals surface area contributed by atoms with Crippen molar-refractivity contribution in [2.24, 2.45) is 0 Å². The highest BCUT2D eigenvalue weighted by Gasteiger charge is 2.14. The molecule has 106 valence electrons. The Morgan fingerprint density at radius 2 is 2.10 bits per heavy atom. The van der Waals surface area contributed by atoms with Crippen molar-refractivity contribution in [2.45, 2.75) is 26.8 Å². The van der Waals surface area contributed by atoms with Gasteiger partial charge in [-0.2, -0.15) is 0 Å². The van der Waals surface area contributed by atoms with Crippen LogP contribution in [-0.2, 0) is 4.74 Å². The maximum atomic E-state index is 12.3. The second-order valence-corrected chi connectivity index (χ2v) is 5.15. The Hall–Kier alpha value is -1.94. The minimum Gasteiger partial charge on any atom is -0.383 e. The zero-order valence-corrected chi connectivity index (χ0v) is 12.4. The maximum Gasteiger partial charge on any atom is 0.253 e. The number of aromatic nitrogens is 1. The third-order valence-corrected chi connectivity index (χ3v) is 3.20. The molecule has 1 atom stereocenters. The lowest BCUT2D eigenvalue weighted by atomic mass is 10.1. The summed E-state index contributed by atoms with van der Waals surface area (Å²) < 4.78 is 5.03. The van der Waals surface area contributed by atoms with Crippen molar-refractivity contribution in [2.75, 3.05) is 13.7 Å². The van der Waals surface area contributed by atoms with E-state index in [4.69, 9.17) is 4.74 Å². The highest BCUT2D eigenvalue weighted by molar-refractivity contribution is 5.98. The number of rotatable bonds is 4. The molecule has 1 aromatic heterocycles. The molecule has 0 fully saturated rings. The first-order chi connectivity index (χ1) is 9.51. The van der Waals surface area contributed by atoms with E-state index in [0.717, 1.165) is 22.2 Å². The number of hydrogen-bond donors (Lipinski definition) is 1. The Balaban J connectivity index is 2.33. The van der Waals surface area contributed by atoms with Gasteiger partial charge in [-0.3, -0.25) is 9.78 Å². The van der Waals surface area contributed by atoms with E-state index in [1.807, 2.05) is 45.0 Å². The van der Waals surface area contributed by atoms with Crippen molar-refractivity contribution in [1.29, 1.82) is 0 Å². The molecule has 1 N–H and O–H groups in total. The molecule has 4 nitrogen and oxygen atoms in total. The molecule has 1 amide bonds. The van der Waals surface area contributed by atoms with E-state index in [1.165, 1.54) is 0 Å². The number of carbonyl (C=O) groups is 1. The maximum absolute atomic E-state index is 12.3. The second-order valence-electron chi connectivity index (χ2n) is 5.15. The molecular weight excluding hydrogens is 252 g/mol. The van der Waals surface area contributed by atoms with Crippen LogP contribution in [0.15, 0.2) is 24.3 Å². The smallest absolute Gasteiger partial charge is 0.253 e. The summed E-state index contributed by atoms with van der Waals surface area (Å²) in [7, 11) is 1.62. The van der Waals surface area contributed by atoms with Crippen LogP contribution >= 0.6 is 0 Å². The van der Waals surface area contributed by atoms with E-state index < -0.39 is 0 Å². The van der Waals surface area contributed by atoms with Gasteiger partial charge in [0.2, 0.25) is 0 Å². The van der Waals surface area contributed by atoms with Crippen molar-refractivity contribution in [3.8, 4) is 0 Å². The third-order valence-electron chi connectivity index (χ3n) is 3.20. The van der Waals surface area contributed by atoms with Gasteiger partial charge >= 0.3 is 0 Å². The number of carbonyl (C=O) groups excluding carboxylic acids is 1. The van der Waals surface area contributed by atoms with E-state index in [2.05, 4.69) is 10.3 Å². The van der Waals surface area contributed by atoms with E-state index in [1.54, 1.807) is 7.11 Å². The molecule has 20 heavy (non-hydrogen) atoms. The van der Waals surface area contributed by atoms with Crippen molar-refractivity contribution in [3.05, 3.63) is 41.1 Å². The van der Waals surface area contributed by atoms with Gasteiger partial charge in [0.15, 0.2) is 0 Å². The van der Waals surface area contributed by atoms with Gasteiger partial charge in [-0.15, -0.1) is 0 Å². The Bertz CT molecular complexity index is 638. The SMILES string of the molecule is COCC(C)NC(=O)c1cc2cc(C)ccc2nc1C. The summed E-state index contributed by atoms with van der Waals surface area (Å²) in [6.07, 6.45) is 0. The largest absolute Gasteiger partial charge is 0.383 e. The summed E-state index contributed by atoms with van der Waals surface area (Å²) in [4.78, 5) is 16.8. The lowest BCUT2D eigenvalue weighted by Gasteiger charge is -2.14. The highest BCUT2D eigenvalue weighted by atomic mass is 16.5. The molecule has 2 rings (SSSR count). The molecule has 0 spiro atoms. The molecule has 0 bridgehead atoms. The summed E-state index contributed by atoms with van der Waals surface area (Å²) in [5.74, 6) is -0.108. The van der Waals surface area contributed by atoms with Crippen LogP contribution in [0.3, 0.4) is 0 Å². The van der Waals surface area contributed by atoms with Crippen molar-refractivity contribution in [1.82, 2.24) is 10.3 Å². The van der Waals surface area contributed by atoms with Gasteiger partial charge in [-0.05, 0) is 39.0 Å². The second kappa shape index (κ2) is 6.01. The standard InChI is InChI=1S/C16H20N2O2/c1-10-5-6-15-13(7-10)8-14(12(3)18-15)16(19)17-11(2)9-20-4/h5-8,11H,9H2,1-4H3,(H,17,19). The number of hydrogen-bond acceptors (Lipinski definition) is 3. The quantitative estimate of drug-likeness (QED) is 0.930. The zero-order chi connectivity index (χ0) is 14.7. The number of benzene rings is 1. The van der Waals surface area contributed by atoms with E-state index in [0.29, 0.717) is 12.2 Å². The molecule has 0 aliphatic rings. The summed E-state index contributed by atoms with van der Waals surface area (Å²) in [5, 5.41) is 3.90. The molecular formula is C16H20N2O2. The number of amides is 1. The lowest BCUT2D eigenvalue weighted by Crippen LogP contribution is -2.36. The fourth-order valence-corrected chi connectivity index (χ4v) is 2.22. The van der Waals surface area contributed by atoms with Crippen molar-refractivity contribution in [3.63, 3.8) is 0 Å². The van der Waals surface area contributed by atoms with Crippen LogP contribution in [0.5, 0.6) is 0 Å². The Kier molecular flexibility index (Phi) is 4.35. The lowest BCUT2D eigenvalue weighted by molar-refractivity contribution is 0.0904. The summed E-state index contributed by atoms with van der Waals surface area (Å²) in [5.41, 5.74) is 3.42. The molecule has 0 saturated carbocycles. The Morgan fingerprint density at radius 3 is 2.80 bits per heavy atom. The zero-order valence-electron chi connectivity index (χ0n) is 12.4. The molecule has 0 aliphatic heterocycles. The fourth-order valence-electron chi connectivity index (χ4n) is 2.22. The molecule has 0 saturated heterocycles. The van der Waals surface area contributed by atoms with Crippen LogP contribution in [0.25, 0.3) is 10.9 Å². The minimum atomic E-state index is -0.108. The molecule has 1 aromatic carbocycles. The van der Waals surface area contributed by atoms with Crippen LogP contribution in [0.2, 0.25) is 0 Å². The predicted octanol–water partition coefficient (Wildman–Crippen LogP) is 2.62. The number of ether oxygens (including phenoxy) is 1. The minimum absolute atomic E-state index is 0.0277. The molecule has 2 aromatic rings. The summed E-state index contributed by atoms with van der Waals surface area (Å²) >= 11 is 0. The number of nitrogens with one attached hydrogen (secondary N) is 1. The van der Waals surface area contributed by atoms with Gasteiger partial charge in [-0.1, -0.05) is 11.6 Å². The normalized spacial score (nSPS) is 12.4. The van der Waals surface area contributed by atoms with Gasteiger partial charge in [-0.25, -0.2) is 0 Å². The number of aryl methyl sites for hydroxylation is 2. The monoisotopic (exact) mass is 272 g/mol. The van der Waals surface area contributed by atoms with Crippen LogP contribution in [0.4, 0.5) is 0 Å². The van der Waals surface area contributed by atoms with E-state index >= 15 is 0 Å². The van der Waals surface area contributed by atoms with Gasteiger partial charge in [0.1, 0.15) is 0 Å². The average Bonchev–Trinajstić information content (AvgIpc) is 2.38. The predicted molar refractivity (Wildman–Crippen MR) is 80.0 cm³/mol. The summed E-state index contributed by atoms with van der Waals surface area (Å²) in [6, 6.07) is 7.92. The third kappa shape index (κ3) is 3.14. The van der Waals surface area contributed by atoms with Crippen LogP contribution < -0.4 is 5.32 Å². The van der Waals surface area contributed by atoms with Crippen LogP contribution in [0, 0.1) is 13.8 Å². The first-order valence-electron chi connectivity index (χ1n) is 6.69. The Labute approximate surface area is 119 Å². The number of methoxy groups -OCH3 is 1. The highest BCUT2D eigenvalue weighted by Crippen LogP contribution is 2.18. The first-order valence-corrected chi connectivity index (χ1v) is 6.69. The number of nitrogens with zero attached hydrogens (tertiary/aromatic N) is 1. The van der Waals surface area contributed by atoms with E-state index in [9.17, 15) is 4.79 Å².